The molecule has 1 unspecified atom stereocenters. The van der Waals surface area contributed by atoms with E-state index in [0.717, 1.165) is 75.0 Å². The van der Waals surface area contributed by atoms with Gasteiger partial charge in [0.15, 0.2) is 5.96 Å². The van der Waals surface area contributed by atoms with Crippen molar-refractivity contribution in [1.29, 1.82) is 0 Å². The Hall–Kier alpha value is -1.04. The van der Waals surface area contributed by atoms with Crippen molar-refractivity contribution >= 4 is 52.6 Å². The van der Waals surface area contributed by atoms with E-state index in [-0.39, 0.29) is 35.3 Å². The van der Waals surface area contributed by atoms with E-state index in [1.807, 2.05) is 24.0 Å². The van der Waals surface area contributed by atoms with Crippen LogP contribution < -0.4 is 10.6 Å². The molecule has 3 heterocycles. The molecule has 1 atom stereocenters. The van der Waals surface area contributed by atoms with Crippen molar-refractivity contribution in [3.8, 4) is 0 Å². The van der Waals surface area contributed by atoms with Gasteiger partial charge in [-0.3, -0.25) is 9.89 Å². The van der Waals surface area contributed by atoms with Crippen LogP contribution in [0.15, 0.2) is 29.4 Å². The maximum Gasteiger partial charge on any atom is 0.191 e. The predicted octanol–water partition coefficient (Wildman–Crippen LogP) is 3.23. The lowest BCUT2D eigenvalue weighted by Crippen LogP contribution is -2.56. The lowest BCUT2D eigenvalue weighted by Gasteiger charge is -2.42. The Bertz CT molecular complexity index is 865. The summed E-state index contributed by atoms with van der Waals surface area (Å²) in [5.41, 5.74) is 2.18. The molecule has 0 amide bonds. The molecular formula is C22H33FIN5OS. The van der Waals surface area contributed by atoms with Gasteiger partial charge < -0.3 is 20.4 Å². The summed E-state index contributed by atoms with van der Waals surface area (Å²) in [6.45, 7) is 8.15. The maximum atomic E-state index is 13.4. The Balaban J connectivity index is 0.00000272. The molecule has 0 spiro atoms. The summed E-state index contributed by atoms with van der Waals surface area (Å²) in [4.78, 5) is 10.7. The van der Waals surface area contributed by atoms with E-state index >= 15 is 0 Å². The third-order valence-corrected chi connectivity index (χ3v) is 7.29. The number of hydrogen-bond acceptors (Lipinski definition) is 4. The van der Waals surface area contributed by atoms with Crippen LogP contribution in [0.25, 0.3) is 10.9 Å². The molecule has 4 rings (SSSR count). The zero-order chi connectivity index (χ0) is 20.8. The molecule has 2 aliphatic rings. The Morgan fingerprint density at radius 2 is 2.16 bits per heavy atom. The second-order valence-corrected chi connectivity index (χ2v) is 9.11. The molecule has 1 aromatic carbocycles. The van der Waals surface area contributed by atoms with E-state index in [0.29, 0.717) is 0 Å². The monoisotopic (exact) mass is 561 g/mol. The molecule has 2 aromatic rings. The highest BCUT2D eigenvalue weighted by atomic mass is 127. The molecule has 2 fully saturated rings. The topological polar surface area (TPSA) is 64.7 Å². The SMILES string of the molecule is CCNC(=NCC1(N2CCOCC2)CCSC1)NCCc1c[nH]c2cc(F)ccc12.I. The number of guanidine groups is 1. The van der Waals surface area contributed by atoms with Crippen molar-refractivity contribution in [3.63, 3.8) is 0 Å². The highest BCUT2D eigenvalue weighted by molar-refractivity contribution is 14.0. The number of fused-ring (bicyclic) bond motifs is 1. The van der Waals surface area contributed by atoms with Gasteiger partial charge in [0.05, 0.1) is 25.3 Å². The van der Waals surface area contributed by atoms with E-state index in [2.05, 4.69) is 27.4 Å². The van der Waals surface area contributed by atoms with Crippen LogP contribution in [-0.2, 0) is 11.2 Å². The fourth-order valence-corrected chi connectivity index (χ4v) is 5.82. The van der Waals surface area contributed by atoms with Crippen LogP contribution in [-0.4, -0.2) is 78.8 Å². The van der Waals surface area contributed by atoms with Crippen molar-refractivity contribution in [2.45, 2.75) is 25.3 Å². The first kappa shape index (κ1) is 24.6. The van der Waals surface area contributed by atoms with Gasteiger partial charge in [0, 0.05) is 49.0 Å². The summed E-state index contributed by atoms with van der Waals surface area (Å²) in [7, 11) is 0. The number of morpholine rings is 1. The van der Waals surface area contributed by atoms with Crippen LogP contribution in [0.2, 0.25) is 0 Å². The molecule has 3 N–H and O–H groups in total. The normalized spacial score (nSPS) is 22.5. The molecule has 2 aliphatic heterocycles. The number of halogens is 2. The van der Waals surface area contributed by atoms with Gasteiger partial charge in [-0.05, 0) is 49.3 Å². The second kappa shape index (κ2) is 11.7. The molecule has 172 valence electrons. The summed E-state index contributed by atoms with van der Waals surface area (Å²) in [5, 5.41) is 7.94. The Kier molecular flexibility index (Phi) is 9.30. The van der Waals surface area contributed by atoms with Gasteiger partial charge in [0.25, 0.3) is 0 Å². The molecular weight excluding hydrogens is 528 g/mol. The largest absolute Gasteiger partial charge is 0.379 e. The fourth-order valence-electron chi connectivity index (χ4n) is 4.36. The van der Waals surface area contributed by atoms with E-state index in [1.54, 1.807) is 6.07 Å². The average Bonchev–Trinajstić information content (AvgIpc) is 3.40. The summed E-state index contributed by atoms with van der Waals surface area (Å²) in [5.74, 6) is 3.00. The highest BCUT2D eigenvalue weighted by Crippen LogP contribution is 2.34. The van der Waals surface area contributed by atoms with Crippen LogP contribution in [0.5, 0.6) is 0 Å². The standard InChI is InChI=1S/C22H32FN5OS.HI/c1-2-24-21(25-7-5-17-14-26-20-13-18(23)3-4-19(17)20)27-15-22(6-12-30-16-22)28-8-10-29-11-9-28;/h3-4,13-14,26H,2,5-12,15-16H2,1H3,(H2,24,25,27);1H. The number of hydrogen-bond donors (Lipinski definition) is 3. The first-order chi connectivity index (χ1) is 14.7. The van der Waals surface area contributed by atoms with Gasteiger partial charge in [0.1, 0.15) is 5.82 Å². The summed E-state index contributed by atoms with van der Waals surface area (Å²) in [6.07, 6.45) is 4.01. The zero-order valence-corrected chi connectivity index (χ0v) is 21.2. The molecule has 0 aliphatic carbocycles. The molecule has 6 nitrogen and oxygen atoms in total. The van der Waals surface area contributed by atoms with Crippen LogP contribution in [0.4, 0.5) is 4.39 Å². The van der Waals surface area contributed by atoms with Crippen LogP contribution >= 0.6 is 35.7 Å². The summed E-state index contributed by atoms with van der Waals surface area (Å²) in [6, 6.07) is 4.91. The Labute approximate surface area is 205 Å². The lowest BCUT2D eigenvalue weighted by molar-refractivity contribution is -0.0104. The van der Waals surface area contributed by atoms with Crippen molar-refractivity contribution in [1.82, 2.24) is 20.5 Å². The third kappa shape index (κ3) is 6.06. The first-order valence-corrected chi connectivity index (χ1v) is 12.0. The quantitative estimate of drug-likeness (QED) is 0.276. The number of H-pyrrole nitrogens is 1. The van der Waals surface area contributed by atoms with Crippen LogP contribution in [0.3, 0.4) is 0 Å². The van der Waals surface area contributed by atoms with E-state index in [4.69, 9.17) is 9.73 Å². The second-order valence-electron chi connectivity index (χ2n) is 8.00. The highest BCUT2D eigenvalue weighted by Gasteiger charge is 2.40. The van der Waals surface area contributed by atoms with Gasteiger partial charge in [-0.2, -0.15) is 11.8 Å². The minimum atomic E-state index is -0.213. The third-order valence-electron chi connectivity index (χ3n) is 6.06. The number of aromatic amines is 1. The predicted molar refractivity (Wildman–Crippen MR) is 138 cm³/mol. The van der Waals surface area contributed by atoms with Crippen molar-refractivity contribution < 1.29 is 9.13 Å². The lowest BCUT2D eigenvalue weighted by atomic mass is 9.96. The van der Waals surface area contributed by atoms with Gasteiger partial charge in [-0.15, -0.1) is 24.0 Å². The number of rotatable bonds is 7. The van der Waals surface area contributed by atoms with E-state index in [1.165, 1.54) is 23.8 Å². The van der Waals surface area contributed by atoms with E-state index < -0.39 is 0 Å². The number of nitrogens with zero attached hydrogens (tertiary/aromatic N) is 2. The number of aromatic nitrogens is 1. The molecule has 31 heavy (non-hydrogen) atoms. The minimum absolute atomic E-state index is 0. The number of nitrogens with one attached hydrogen (secondary N) is 3. The van der Waals surface area contributed by atoms with Crippen molar-refractivity contribution in [2.75, 3.05) is 57.4 Å². The number of benzene rings is 1. The van der Waals surface area contributed by atoms with Crippen molar-refractivity contribution in [2.24, 2.45) is 4.99 Å². The first-order valence-electron chi connectivity index (χ1n) is 10.9. The molecule has 0 radical (unpaired) electrons. The average molecular weight is 562 g/mol. The zero-order valence-electron chi connectivity index (χ0n) is 18.1. The van der Waals surface area contributed by atoms with Gasteiger partial charge in [-0.25, -0.2) is 4.39 Å². The van der Waals surface area contributed by atoms with Crippen molar-refractivity contribution in [3.05, 3.63) is 35.8 Å². The molecule has 1 aromatic heterocycles. The number of thioether (sulfide) groups is 1. The summed E-state index contributed by atoms with van der Waals surface area (Å²) < 4.78 is 19.0. The van der Waals surface area contributed by atoms with Gasteiger partial charge in [-0.1, -0.05) is 0 Å². The van der Waals surface area contributed by atoms with Gasteiger partial charge in [0.2, 0.25) is 0 Å². The maximum absolute atomic E-state index is 13.4. The smallest absolute Gasteiger partial charge is 0.191 e. The molecule has 0 bridgehead atoms. The summed E-state index contributed by atoms with van der Waals surface area (Å²) >= 11 is 2.04. The number of aliphatic imine (C=N–C) groups is 1. The molecule has 0 saturated carbocycles. The Morgan fingerprint density at radius 3 is 2.90 bits per heavy atom. The number of ether oxygens (including phenoxy) is 1. The molecule has 2 saturated heterocycles. The Morgan fingerprint density at radius 1 is 1.32 bits per heavy atom. The van der Waals surface area contributed by atoms with Gasteiger partial charge >= 0.3 is 0 Å². The minimum Gasteiger partial charge on any atom is -0.379 e. The van der Waals surface area contributed by atoms with Crippen LogP contribution in [0, 0.1) is 5.82 Å². The van der Waals surface area contributed by atoms with Crippen LogP contribution in [0.1, 0.15) is 18.9 Å². The molecule has 9 heteroatoms. The van der Waals surface area contributed by atoms with E-state index in [9.17, 15) is 4.39 Å². The fraction of sp³-hybridized carbons (Fsp3) is 0.591.